The number of rotatable bonds is 8. The maximum atomic E-state index is 12.5. The van der Waals surface area contributed by atoms with Gasteiger partial charge in [0.2, 0.25) is 0 Å². The third-order valence-electron chi connectivity index (χ3n) is 5.04. The van der Waals surface area contributed by atoms with E-state index in [0.717, 1.165) is 23.0 Å². The van der Waals surface area contributed by atoms with Crippen LogP contribution >= 0.6 is 0 Å². The van der Waals surface area contributed by atoms with Crippen LogP contribution in [0.3, 0.4) is 0 Å². The van der Waals surface area contributed by atoms with E-state index in [4.69, 9.17) is 0 Å². The number of nitrogens with zero attached hydrogens (tertiary/aromatic N) is 1. The molecule has 1 atom stereocenters. The van der Waals surface area contributed by atoms with Gasteiger partial charge in [-0.15, -0.1) is 0 Å². The van der Waals surface area contributed by atoms with Crippen LogP contribution in [0.1, 0.15) is 63.5 Å². The number of anilines is 1. The normalized spacial score (nSPS) is 18.0. The van der Waals surface area contributed by atoms with E-state index in [1.54, 1.807) is 4.90 Å². The Hall–Kier alpha value is -1.91. The predicted octanol–water partition coefficient (Wildman–Crippen LogP) is 2.93. The highest BCUT2D eigenvalue weighted by Gasteiger charge is 2.24. The Morgan fingerprint density at radius 1 is 1.20 bits per heavy atom. The van der Waals surface area contributed by atoms with E-state index in [-0.39, 0.29) is 23.8 Å². The monoisotopic (exact) mass is 457 g/mol. The van der Waals surface area contributed by atoms with Gasteiger partial charge in [-0.25, -0.2) is 26.4 Å². The van der Waals surface area contributed by atoms with Crippen LogP contribution in [-0.2, 0) is 20.7 Å². The lowest BCUT2D eigenvalue weighted by molar-refractivity contribution is 0.256. The van der Waals surface area contributed by atoms with Gasteiger partial charge in [-0.05, 0) is 42.3 Å². The van der Waals surface area contributed by atoms with E-state index >= 15 is 0 Å². The molecule has 1 saturated heterocycles. The average molecular weight is 458 g/mol. The highest BCUT2D eigenvalue weighted by Crippen LogP contribution is 2.32. The summed E-state index contributed by atoms with van der Waals surface area (Å²) in [7, 11) is -6.60. The van der Waals surface area contributed by atoms with Crippen molar-refractivity contribution in [1.82, 2.24) is 9.62 Å². The van der Waals surface area contributed by atoms with E-state index < -0.39 is 26.8 Å². The molecule has 0 unspecified atom stereocenters. The van der Waals surface area contributed by atoms with Crippen molar-refractivity contribution >= 4 is 32.4 Å². The van der Waals surface area contributed by atoms with Crippen LogP contribution in [0.5, 0.6) is 0 Å². The summed E-state index contributed by atoms with van der Waals surface area (Å²) in [5.41, 5.74) is 2.48. The van der Waals surface area contributed by atoms with Gasteiger partial charge in [0.1, 0.15) is 0 Å². The summed E-state index contributed by atoms with van der Waals surface area (Å²) in [5, 5.41) is 3.64. The third kappa shape index (κ3) is 6.82. The first kappa shape index (κ1) is 24.4. The van der Waals surface area contributed by atoms with Crippen molar-refractivity contribution in [2.75, 3.05) is 17.7 Å². The summed E-state index contributed by atoms with van der Waals surface area (Å²) in [6.45, 7) is 8.61. The number of nitrogens with one attached hydrogen (secondary N) is 2. The number of likely N-dealkylation sites (tertiary alicyclic amines) is 1. The first-order valence-corrected chi connectivity index (χ1v) is 12.9. The number of sulfonamides is 1. The van der Waals surface area contributed by atoms with Crippen LogP contribution in [0.4, 0.5) is 10.5 Å². The first-order chi connectivity index (χ1) is 14.0. The van der Waals surface area contributed by atoms with E-state index in [1.165, 1.54) is 6.08 Å². The molecule has 0 radical (unpaired) electrons. The number of benzene rings is 1. The quantitative estimate of drug-likeness (QED) is 0.518. The fraction of sp³-hybridized carbons (Fsp3) is 0.550. The molecular formula is C20H31N3O5S2. The summed E-state index contributed by atoms with van der Waals surface area (Å²) >= 11 is 0. The number of hydrogen-bond acceptors (Lipinski definition) is 6. The Kier molecular flexibility index (Phi) is 8.45. The Balaban J connectivity index is 2.12. The minimum atomic E-state index is -4.03. The zero-order valence-electron chi connectivity index (χ0n) is 17.8. The lowest BCUT2D eigenvalue weighted by Gasteiger charge is -2.20. The van der Waals surface area contributed by atoms with E-state index in [9.17, 15) is 21.6 Å². The summed E-state index contributed by atoms with van der Waals surface area (Å²) in [5.74, 6) is 0.190. The zero-order valence-corrected chi connectivity index (χ0v) is 19.5. The number of thiol groups is 1. The van der Waals surface area contributed by atoms with Gasteiger partial charge >= 0.3 is 6.03 Å². The molecule has 0 bridgehead atoms. The molecule has 1 aliphatic rings. The SMILES string of the molecule is CC(C)c1cccc(C(C)C)c1NC(=O)NS(=O)(=O)/C=C/[C@@H]1CCCN1C[SH](=O)=O. The van der Waals surface area contributed by atoms with E-state index in [1.807, 2.05) is 50.6 Å². The molecule has 10 heteroatoms. The van der Waals surface area contributed by atoms with Crippen LogP contribution in [0.2, 0.25) is 0 Å². The Bertz CT molecular complexity index is 934. The number of hydrogen-bond donors (Lipinski definition) is 3. The lowest BCUT2D eigenvalue weighted by Crippen LogP contribution is -2.34. The van der Waals surface area contributed by atoms with Crippen LogP contribution < -0.4 is 10.0 Å². The molecule has 1 aromatic carbocycles. The molecule has 0 spiro atoms. The summed E-state index contributed by atoms with van der Waals surface area (Å²) < 4.78 is 48.6. The van der Waals surface area contributed by atoms with Crippen molar-refractivity contribution in [3.05, 3.63) is 40.8 Å². The smallest absolute Gasteiger partial charge is 0.307 e. The van der Waals surface area contributed by atoms with E-state index in [2.05, 4.69) is 5.32 Å². The Morgan fingerprint density at radius 3 is 2.33 bits per heavy atom. The zero-order chi connectivity index (χ0) is 22.5. The maximum Gasteiger partial charge on any atom is 0.333 e. The Labute approximate surface area is 180 Å². The van der Waals surface area contributed by atoms with Crippen LogP contribution in [-0.4, -0.2) is 46.2 Å². The third-order valence-corrected chi connectivity index (χ3v) is 6.62. The van der Waals surface area contributed by atoms with Crippen LogP contribution in [0.15, 0.2) is 29.7 Å². The minimum absolute atomic E-state index is 0.109. The van der Waals surface area contributed by atoms with Crippen LogP contribution in [0.25, 0.3) is 0 Å². The molecule has 2 N–H and O–H groups in total. The van der Waals surface area contributed by atoms with Gasteiger partial charge in [-0.1, -0.05) is 52.0 Å². The van der Waals surface area contributed by atoms with Crippen molar-refractivity contribution in [2.45, 2.75) is 58.4 Å². The topological polar surface area (TPSA) is 113 Å². The maximum absolute atomic E-state index is 12.5. The molecule has 168 valence electrons. The lowest BCUT2D eigenvalue weighted by atomic mass is 9.93. The van der Waals surface area contributed by atoms with E-state index in [0.29, 0.717) is 18.7 Å². The molecule has 2 amide bonds. The number of para-hydroxylation sites is 1. The molecule has 1 aliphatic heterocycles. The predicted molar refractivity (Wildman–Crippen MR) is 120 cm³/mol. The van der Waals surface area contributed by atoms with Gasteiger partial charge in [0.15, 0.2) is 10.7 Å². The molecule has 0 saturated carbocycles. The van der Waals surface area contributed by atoms with Gasteiger partial charge in [-0.2, -0.15) is 0 Å². The molecule has 1 heterocycles. The highest BCUT2D eigenvalue weighted by molar-refractivity contribution is 7.92. The van der Waals surface area contributed by atoms with Gasteiger partial charge in [-0.3, -0.25) is 4.90 Å². The molecular weight excluding hydrogens is 426 g/mol. The summed E-state index contributed by atoms with van der Waals surface area (Å²) in [4.78, 5) is 14.2. The molecule has 1 fully saturated rings. The minimum Gasteiger partial charge on any atom is -0.307 e. The molecule has 8 nitrogen and oxygen atoms in total. The second-order valence-corrected chi connectivity index (χ2v) is 10.6. The summed E-state index contributed by atoms with van der Waals surface area (Å²) in [6, 6.07) is 4.63. The van der Waals surface area contributed by atoms with Crippen molar-refractivity contribution in [3.63, 3.8) is 0 Å². The van der Waals surface area contributed by atoms with Gasteiger partial charge in [0.25, 0.3) is 10.0 Å². The highest BCUT2D eigenvalue weighted by atomic mass is 32.2. The molecule has 2 rings (SSSR count). The number of urea groups is 1. The summed E-state index contributed by atoms with van der Waals surface area (Å²) in [6.07, 6.45) is 2.89. The largest absolute Gasteiger partial charge is 0.333 e. The fourth-order valence-corrected chi connectivity index (χ4v) is 5.00. The van der Waals surface area contributed by atoms with Gasteiger partial charge in [0, 0.05) is 17.1 Å². The first-order valence-electron chi connectivity index (χ1n) is 10.0. The second-order valence-electron chi connectivity index (χ2n) is 8.05. The van der Waals surface area contributed by atoms with Crippen molar-refractivity contribution in [3.8, 4) is 0 Å². The number of carbonyl (C=O) groups excluding carboxylic acids is 1. The van der Waals surface area contributed by atoms with Crippen molar-refractivity contribution in [1.29, 1.82) is 0 Å². The molecule has 0 aliphatic carbocycles. The van der Waals surface area contributed by atoms with Gasteiger partial charge < -0.3 is 5.32 Å². The molecule has 0 aromatic heterocycles. The van der Waals surface area contributed by atoms with Crippen LogP contribution in [0, 0.1) is 0 Å². The Morgan fingerprint density at radius 2 is 1.80 bits per heavy atom. The molecule has 30 heavy (non-hydrogen) atoms. The van der Waals surface area contributed by atoms with Crippen molar-refractivity contribution in [2.24, 2.45) is 0 Å². The number of amides is 2. The standard InChI is InChI=1S/C20H31N3O5S2/c1-14(2)17-8-5-9-18(15(3)4)19(17)21-20(24)22-30(27,28)12-10-16-7-6-11-23(16)13-29(25)26/h5,8-10,12,14-16,29H,6-7,11,13H2,1-4H3,(H2,21,22,24)/b12-10+/t16-/m0/s1. The molecule has 1 aromatic rings. The fourth-order valence-electron chi connectivity index (χ4n) is 3.59. The van der Waals surface area contributed by atoms with Crippen molar-refractivity contribution < 1.29 is 21.6 Å². The average Bonchev–Trinajstić information content (AvgIpc) is 3.05. The second kappa shape index (κ2) is 10.4. The van der Waals surface area contributed by atoms with Gasteiger partial charge in [0.05, 0.1) is 5.88 Å². The number of carbonyl (C=O) groups is 1.